The molecule has 0 N–H and O–H groups in total. The summed E-state index contributed by atoms with van der Waals surface area (Å²) in [6.45, 7) is 3.75. The predicted molar refractivity (Wildman–Crippen MR) is 134 cm³/mol. The number of hydrogen-bond donors (Lipinski definition) is 0. The minimum atomic E-state index is -0.541. The highest BCUT2D eigenvalue weighted by molar-refractivity contribution is 5.90. The van der Waals surface area contributed by atoms with E-state index >= 15 is 0 Å². The van der Waals surface area contributed by atoms with Gasteiger partial charge in [-0.05, 0) is 37.3 Å². The van der Waals surface area contributed by atoms with Crippen LogP contribution >= 0.6 is 0 Å². The summed E-state index contributed by atoms with van der Waals surface area (Å²) in [4.78, 5) is 37.5. The van der Waals surface area contributed by atoms with Gasteiger partial charge in [0.1, 0.15) is 18.3 Å². The number of esters is 3. The Balaban J connectivity index is 1.54. The largest absolute Gasteiger partial charge is 0.462 e. The van der Waals surface area contributed by atoms with E-state index in [1.807, 2.05) is 31.2 Å². The molecule has 4 rings (SSSR count). The first-order chi connectivity index (χ1) is 17.5. The van der Waals surface area contributed by atoms with Crippen LogP contribution in [-0.2, 0) is 19.0 Å². The first-order valence-electron chi connectivity index (χ1n) is 12.3. The zero-order valence-corrected chi connectivity index (χ0v) is 20.5. The van der Waals surface area contributed by atoms with Gasteiger partial charge in [-0.1, -0.05) is 49.4 Å². The molecule has 2 fully saturated rings. The van der Waals surface area contributed by atoms with E-state index in [0.29, 0.717) is 24.0 Å². The second kappa shape index (κ2) is 11.7. The van der Waals surface area contributed by atoms with Crippen LogP contribution in [0, 0.1) is 29.6 Å². The maximum absolute atomic E-state index is 12.8. The lowest BCUT2D eigenvalue weighted by atomic mass is 9.90. The lowest BCUT2D eigenvalue weighted by molar-refractivity contribution is -0.141. The van der Waals surface area contributed by atoms with Gasteiger partial charge >= 0.3 is 17.9 Å². The molecule has 1 aliphatic carbocycles. The highest BCUT2D eigenvalue weighted by atomic mass is 16.6. The van der Waals surface area contributed by atoms with Crippen molar-refractivity contribution in [2.75, 3.05) is 0 Å². The van der Waals surface area contributed by atoms with Crippen LogP contribution in [0.1, 0.15) is 53.8 Å². The fourth-order valence-electron chi connectivity index (χ4n) is 4.80. The summed E-state index contributed by atoms with van der Waals surface area (Å²) in [6.07, 6.45) is 3.75. The van der Waals surface area contributed by atoms with Gasteiger partial charge in [0.25, 0.3) is 0 Å². The Bertz CT molecular complexity index is 1160. The molecule has 1 saturated heterocycles. The van der Waals surface area contributed by atoms with Crippen molar-refractivity contribution in [3.05, 3.63) is 83.9 Å². The minimum absolute atomic E-state index is 0.0645. The zero-order chi connectivity index (χ0) is 25.5. The van der Waals surface area contributed by atoms with Crippen molar-refractivity contribution in [3.8, 4) is 11.8 Å². The molecule has 186 valence electrons. The van der Waals surface area contributed by atoms with Crippen LogP contribution in [0.2, 0.25) is 0 Å². The summed E-state index contributed by atoms with van der Waals surface area (Å²) in [5.74, 6) is 4.47. The summed E-state index contributed by atoms with van der Waals surface area (Å²) in [5.41, 5.74) is 0.936. The summed E-state index contributed by atoms with van der Waals surface area (Å²) in [7, 11) is 0. The summed E-state index contributed by atoms with van der Waals surface area (Å²) >= 11 is 0. The molecule has 2 aliphatic rings. The van der Waals surface area contributed by atoms with Gasteiger partial charge in [-0.2, -0.15) is 0 Å². The lowest BCUT2D eigenvalue weighted by Gasteiger charge is -2.23. The van der Waals surface area contributed by atoms with Crippen molar-refractivity contribution < 1.29 is 28.6 Å². The Kier molecular flexibility index (Phi) is 8.22. The quantitative estimate of drug-likeness (QED) is 0.226. The van der Waals surface area contributed by atoms with E-state index < -0.39 is 24.1 Å². The third-order valence-electron chi connectivity index (χ3n) is 6.76. The molecule has 6 heteroatoms. The molecular formula is C30H30O6. The van der Waals surface area contributed by atoms with Crippen LogP contribution in [0.25, 0.3) is 0 Å². The van der Waals surface area contributed by atoms with Crippen molar-refractivity contribution in [1.29, 1.82) is 0 Å². The average Bonchev–Trinajstić information content (AvgIpc) is 3.41. The monoisotopic (exact) mass is 486 g/mol. The Labute approximate surface area is 211 Å². The molecule has 6 nitrogen and oxygen atoms in total. The number of ether oxygens (including phenoxy) is 3. The van der Waals surface area contributed by atoms with Crippen molar-refractivity contribution in [2.45, 2.75) is 51.4 Å². The van der Waals surface area contributed by atoms with Crippen molar-refractivity contribution in [2.24, 2.45) is 17.8 Å². The first kappa shape index (κ1) is 25.2. The smallest absolute Gasteiger partial charge is 0.338 e. The molecule has 1 saturated carbocycles. The van der Waals surface area contributed by atoms with E-state index in [1.54, 1.807) is 55.5 Å². The molecule has 0 bridgehead atoms. The number of benzene rings is 2. The molecule has 36 heavy (non-hydrogen) atoms. The number of fused-ring (bicyclic) bond motifs is 1. The third-order valence-corrected chi connectivity index (χ3v) is 6.76. The van der Waals surface area contributed by atoms with Crippen LogP contribution in [0.3, 0.4) is 0 Å². The Hall–Kier alpha value is -3.85. The maximum Gasteiger partial charge on any atom is 0.338 e. The van der Waals surface area contributed by atoms with E-state index in [9.17, 15) is 14.4 Å². The lowest BCUT2D eigenvalue weighted by Crippen LogP contribution is -2.27. The normalized spacial score (nSPS) is 24.2. The SMILES string of the molecule is CC#CCC(C)[C@@H](/C=C/[C@@H]1[C@H]2CC(=O)O[C@H]2C[C@H]1OC(=O)c1ccccc1)OC(=O)c1ccccc1. The maximum atomic E-state index is 12.8. The third kappa shape index (κ3) is 6.04. The molecule has 6 atom stereocenters. The highest BCUT2D eigenvalue weighted by Gasteiger charge is 2.50. The van der Waals surface area contributed by atoms with E-state index in [2.05, 4.69) is 11.8 Å². The molecule has 1 unspecified atom stereocenters. The molecule has 1 aliphatic heterocycles. The standard InChI is InChI=1S/C30H30O6/c1-3-4-11-20(2)25(35-29(32)21-12-7-5-8-13-21)17-16-23-24-18-28(31)34-27(24)19-26(23)36-30(33)22-14-9-6-10-15-22/h5-10,12-17,20,23-27H,11,18-19H2,1-2H3/b17-16+/t20?,23-,24-,25-,26-,27+/m1/s1. The molecule has 1 heterocycles. The van der Waals surface area contributed by atoms with E-state index in [0.717, 1.165) is 0 Å². The number of hydrogen-bond acceptors (Lipinski definition) is 6. The van der Waals surface area contributed by atoms with Gasteiger partial charge in [-0.3, -0.25) is 4.79 Å². The molecule has 0 amide bonds. The topological polar surface area (TPSA) is 78.9 Å². The fourth-order valence-corrected chi connectivity index (χ4v) is 4.80. The fraction of sp³-hybridized carbons (Fsp3) is 0.367. The zero-order valence-electron chi connectivity index (χ0n) is 20.5. The molecular weight excluding hydrogens is 456 g/mol. The van der Waals surface area contributed by atoms with E-state index in [1.165, 1.54) is 0 Å². The van der Waals surface area contributed by atoms with Gasteiger partial charge in [-0.25, -0.2) is 9.59 Å². The number of carbonyl (C=O) groups excluding carboxylic acids is 3. The predicted octanol–water partition coefficient (Wildman–Crippen LogP) is 4.99. The summed E-state index contributed by atoms with van der Waals surface area (Å²) in [6, 6.07) is 17.6. The van der Waals surface area contributed by atoms with E-state index in [-0.39, 0.29) is 36.2 Å². The van der Waals surface area contributed by atoms with Gasteiger partial charge in [0.2, 0.25) is 0 Å². The Morgan fingerprint density at radius 2 is 1.69 bits per heavy atom. The van der Waals surface area contributed by atoms with Crippen molar-refractivity contribution in [3.63, 3.8) is 0 Å². The summed E-state index contributed by atoms with van der Waals surface area (Å²) < 4.78 is 17.2. The van der Waals surface area contributed by atoms with Crippen molar-refractivity contribution in [1.82, 2.24) is 0 Å². The Morgan fingerprint density at radius 1 is 1.06 bits per heavy atom. The first-order valence-corrected chi connectivity index (χ1v) is 12.3. The van der Waals surface area contributed by atoms with Crippen LogP contribution in [-0.4, -0.2) is 36.2 Å². The van der Waals surface area contributed by atoms with E-state index in [4.69, 9.17) is 14.2 Å². The van der Waals surface area contributed by atoms with Crippen LogP contribution < -0.4 is 0 Å². The second-order valence-electron chi connectivity index (χ2n) is 9.25. The van der Waals surface area contributed by atoms with Crippen molar-refractivity contribution >= 4 is 17.9 Å². The molecule has 2 aromatic carbocycles. The molecule has 0 spiro atoms. The van der Waals surface area contributed by atoms with Gasteiger partial charge in [0.15, 0.2) is 0 Å². The highest BCUT2D eigenvalue weighted by Crippen LogP contribution is 2.44. The molecule has 2 aromatic rings. The Morgan fingerprint density at radius 3 is 2.33 bits per heavy atom. The second-order valence-corrected chi connectivity index (χ2v) is 9.25. The van der Waals surface area contributed by atoms with Gasteiger partial charge in [0, 0.05) is 30.6 Å². The minimum Gasteiger partial charge on any atom is -0.462 e. The van der Waals surface area contributed by atoms with Gasteiger partial charge in [0.05, 0.1) is 17.5 Å². The van der Waals surface area contributed by atoms with Crippen LogP contribution in [0.5, 0.6) is 0 Å². The van der Waals surface area contributed by atoms with Gasteiger partial charge < -0.3 is 14.2 Å². The summed E-state index contributed by atoms with van der Waals surface area (Å²) in [5, 5.41) is 0. The van der Waals surface area contributed by atoms with Crippen LogP contribution in [0.4, 0.5) is 0 Å². The number of carbonyl (C=O) groups is 3. The molecule has 0 radical (unpaired) electrons. The average molecular weight is 487 g/mol. The van der Waals surface area contributed by atoms with Crippen LogP contribution in [0.15, 0.2) is 72.8 Å². The molecule has 0 aromatic heterocycles. The van der Waals surface area contributed by atoms with Gasteiger partial charge in [-0.15, -0.1) is 11.8 Å². The number of rotatable bonds is 8.